The fourth-order valence-electron chi connectivity index (χ4n) is 3.09. The standard InChI is InChI=1S/C16H21NO/c1-11-15(9-10-17-11)16(18)14-7-5-13(6-8-14)12-3-2-4-12/h5-8,11-12,15,17H,2-4,9-10H2,1H3. The Morgan fingerprint density at radius 2 is 1.89 bits per heavy atom. The van der Waals surface area contributed by atoms with Gasteiger partial charge in [0.05, 0.1) is 0 Å². The molecule has 2 atom stereocenters. The van der Waals surface area contributed by atoms with Gasteiger partial charge in [-0.1, -0.05) is 30.7 Å². The highest BCUT2D eigenvalue weighted by molar-refractivity contribution is 5.98. The van der Waals surface area contributed by atoms with Gasteiger partial charge in [-0.15, -0.1) is 0 Å². The van der Waals surface area contributed by atoms with Crippen molar-refractivity contribution in [3.05, 3.63) is 35.4 Å². The van der Waals surface area contributed by atoms with Gasteiger partial charge in [-0.25, -0.2) is 0 Å². The molecule has 1 aromatic carbocycles. The van der Waals surface area contributed by atoms with Gasteiger partial charge in [0.25, 0.3) is 0 Å². The van der Waals surface area contributed by atoms with E-state index in [-0.39, 0.29) is 5.92 Å². The number of rotatable bonds is 3. The average molecular weight is 243 g/mol. The minimum Gasteiger partial charge on any atom is -0.313 e. The molecule has 18 heavy (non-hydrogen) atoms. The molecule has 1 aliphatic carbocycles. The molecule has 0 amide bonds. The first kappa shape index (κ1) is 11.9. The van der Waals surface area contributed by atoms with Crippen molar-refractivity contribution >= 4 is 5.78 Å². The predicted octanol–water partition coefficient (Wildman–Crippen LogP) is 3.13. The molecule has 0 spiro atoms. The SMILES string of the molecule is CC1NCCC1C(=O)c1ccc(C2CCC2)cc1. The molecule has 3 rings (SSSR count). The van der Waals surface area contributed by atoms with Crippen molar-refractivity contribution in [2.75, 3.05) is 6.54 Å². The first-order chi connectivity index (χ1) is 8.75. The van der Waals surface area contributed by atoms with Crippen LogP contribution in [0.2, 0.25) is 0 Å². The summed E-state index contributed by atoms with van der Waals surface area (Å²) >= 11 is 0. The highest BCUT2D eigenvalue weighted by Gasteiger charge is 2.30. The fourth-order valence-corrected chi connectivity index (χ4v) is 3.09. The van der Waals surface area contributed by atoms with Crippen molar-refractivity contribution in [1.82, 2.24) is 5.32 Å². The summed E-state index contributed by atoms with van der Waals surface area (Å²) in [5.41, 5.74) is 2.30. The lowest BCUT2D eigenvalue weighted by Gasteiger charge is -2.25. The molecule has 2 aliphatic rings. The van der Waals surface area contributed by atoms with Gasteiger partial charge in [-0.05, 0) is 44.2 Å². The van der Waals surface area contributed by atoms with E-state index in [1.54, 1.807) is 0 Å². The maximum atomic E-state index is 12.4. The molecule has 0 aromatic heterocycles. The summed E-state index contributed by atoms with van der Waals surface area (Å²) in [5.74, 6) is 1.23. The zero-order chi connectivity index (χ0) is 12.5. The summed E-state index contributed by atoms with van der Waals surface area (Å²) in [6.07, 6.45) is 4.97. The second-order valence-corrected chi connectivity index (χ2v) is 5.75. The minimum atomic E-state index is 0.166. The summed E-state index contributed by atoms with van der Waals surface area (Å²) in [4.78, 5) is 12.4. The molecule has 0 radical (unpaired) electrons. The molecule has 1 saturated heterocycles. The van der Waals surface area contributed by atoms with Crippen LogP contribution in [0.5, 0.6) is 0 Å². The van der Waals surface area contributed by atoms with Gasteiger partial charge in [0.1, 0.15) is 0 Å². The maximum Gasteiger partial charge on any atom is 0.167 e. The third-order valence-corrected chi connectivity index (χ3v) is 4.63. The summed E-state index contributed by atoms with van der Waals surface area (Å²) in [5, 5.41) is 3.35. The summed E-state index contributed by atoms with van der Waals surface area (Å²) < 4.78 is 0. The highest BCUT2D eigenvalue weighted by Crippen LogP contribution is 2.36. The first-order valence-corrected chi connectivity index (χ1v) is 7.13. The maximum absolute atomic E-state index is 12.4. The van der Waals surface area contributed by atoms with Gasteiger partial charge in [-0.2, -0.15) is 0 Å². The van der Waals surface area contributed by atoms with Gasteiger partial charge in [-0.3, -0.25) is 4.79 Å². The van der Waals surface area contributed by atoms with Crippen LogP contribution in [0, 0.1) is 5.92 Å². The Kier molecular flexibility index (Phi) is 3.21. The van der Waals surface area contributed by atoms with Crippen molar-refractivity contribution in [3.8, 4) is 0 Å². The third-order valence-electron chi connectivity index (χ3n) is 4.63. The monoisotopic (exact) mass is 243 g/mol. The minimum absolute atomic E-state index is 0.166. The van der Waals surface area contributed by atoms with Crippen molar-refractivity contribution in [1.29, 1.82) is 0 Å². The van der Waals surface area contributed by atoms with Gasteiger partial charge in [0, 0.05) is 17.5 Å². The zero-order valence-corrected chi connectivity index (χ0v) is 11.0. The van der Waals surface area contributed by atoms with Crippen LogP contribution in [0.3, 0.4) is 0 Å². The number of hydrogen-bond acceptors (Lipinski definition) is 2. The Morgan fingerprint density at radius 1 is 1.17 bits per heavy atom. The average Bonchev–Trinajstić information content (AvgIpc) is 2.73. The molecule has 1 N–H and O–H groups in total. The third kappa shape index (κ3) is 2.10. The lowest BCUT2D eigenvalue weighted by Crippen LogP contribution is -2.28. The largest absolute Gasteiger partial charge is 0.313 e. The molecule has 0 bridgehead atoms. The fraction of sp³-hybridized carbons (Fsp3) is 0.562. The molecule has 96 valence electrons. The Bertz CT molecular complexity index is 433. The molecule has 2 heteroatoms. The molecule has 1 aliphatic heterocycles. The van der Waals surface area contributed by atoms with Gasteiger partial charge in [0.2, 0.25) is 0 Å². The predicted molar refractivity (Wildman–Crippen MR) is 72.9 cm³/mol. The van der Waals surface area contributed by atoms with Crippen LogP contribution in [0.4, 0.5) is 0 Å². The van der Waals surface area contributed by atoms with Gasteiger partial charge in [0.15, 0.2) is 5.78 Å². The van der Waals surface area contributed by atoms with E-state index >= 15 is 0 Å². The molecule has 2 nitrogen and oxygen atoms in total. The van der Waals surface area contributed by atoms with Gasteiger partial charge >= 0.3 is 0 Å². The second-order valence-electron chi connectivity index (χ2n) is 5.75. The Balaban J connectivity index is 1.73. The molecular formula is C16H21NO. The quantitative estimate of drug-likeness (QED) is 0.826. The zero-order valence-electron chi connectivity index (χ0n) is 11.0. The van der Waals surface area contributed by atoms with Crippen LogP contribution in [0.15, 0.2) is 24.3 Å². The Hall–Kier alpha value is -1.15. The van der Waals surface area contributed by atoms with E-state index in [9.17, 15) is 4.79 Å². The smallest absolute Gasteiger partial charge is 0.167 e. The van der Waals surface area contributed by atoms with Crippen LogP contribution < -0.4 is 5.32 Å². The number of benzene rings is 1. The van der Waals surface area contributed by atoms with Crippen LogP contribution >= 0.6 is 0 Å². The van der Waals surface area contributed by atoms with E-state index < -0.39 is 0 Å². The van der Waals surface area contributed by atoms with Crippen molar-refractivity contribution in [2.45, 2.75) is 44.6 Å². The summed E-state index contributed by atoms with van der Waals surface area (Å²) in [7, 11) is 0. The molecule has 1 aromatic rings. The molecular weight excluding hydrogens is 222 g/mol. The number of carbonyl (C=O) groups is 1. The van der Waals surface area contributed by atoms with Crippen LogP contribution in [0.1, 0.15) is 54.4 Å². The van der Waals surface area contributed by atoms with Crippen molar-refractivity contribution in [2.24, 2.45) is 5.92 Å². The van der Waals surface area contributed by atoms with Crippen molar-refractivity contribution < 1.29 is 4.79 Å². The van der Waals surface area contributed by atoms with Crippen LogP contribution in [0.25, 0.3) is 0 Å². The van der Waals surface area contributed by atoms with E-state index in [1.807, 2.05) is 12.1 Å². The molecule has 1 saturated carbocycles. The number of nitrogens with one attached hydrogen (secondary N) is 1. The first-order valence-electron chi connectivity index (χ1n) is 7.13. The Morgan fingerprint density at radius 3 is 2.39 bits per heavy atom. The second kappa shape index (κ2) is 4.85. The van der Waals surface area contributed by atoms with Crippen LogP contribution in [-0.4, -0.2) is 18.4 Å². The molecule has 2 unspecified atom stereocenters. The van der Waals surface area contributed by atoms with E-state index in [4.69, 9.17) is 0 Å². The highest BCUT2D eigenvalue weighted by atomic mass is 16.1. The molecule has 1 heterocycles. The summed E-state index contributed by atoms with van der Waals surface area (Å²) in [6.45, 7) is 3.08. The van der Waals surface area contributed by atoms with Gasteiger partial charge < -0.3 is 5.32 Å². The normalized spacial score (nSPS) is 28.1. The number of Topliss-reactive ketones (excluding diaryl/α,β-unsaturated/α-hetero) is 1. The Labute approximate surface area is 109 Å². The van der Waals surface area contributed by atoms with E-state index in [2.05, 4.69) is 24.4 Å². The van der Waals surface area contributed by atoms with E-state index in [1.165, 1.54) is 24.8 Å². The van der Waals surface area contributed by atoms with Crippen LogP contribution in [-0.2, 0) is 0 Å². The van der Waals surface area contributed by atoms with Crippen molar-refractivity contribution in [3.63, 3.8) is 0 Å². The van der Waals surface area contributed by atoms with E-state index in [0.29, 0.717) is 11.8 Å². The lowest BCUT2D eigenvalue weighted by molar-refractivity contribution is 0.0914. The number of carbonyl (C=O) groups excluding carboxylic acids is 1. The number of hydrogen-bond donors (Lipinski definition) is 1. The van der Waals surface area contributed by atoms with E-state index in [0.717, 1.165) is 24.4 Å². The lowest BCUT2D eigenvalue weighted by atomic mass is 9.79. The topological polar surface area (TPSA) is 29.1 Å². The summed E-state index contributed by atoms with van der Waals surface area (Å²) in [6, 6.07) is 8.69. The molecule has 2 fully saturated rings. The number of ketones is 1.